The molecule has 54 heavy (non-hydrogen) atoms. The highest BCUT2D eigenvalue weighted by atomic mass is 16.3. The van der Waals surface area contributed by atoms with Crippen LogP contribution in [0.15, 0.2) is 184 Å². The molecular weight excluding hydrogens is 665 g/mol. The van der Waals surface area contributed by atoms with Crippen LogP contribution in [-0.4, -0.2) is 10.8 Å². The third-order valence-electron chi connectivity index (χ3n) is 10.7. The zero-order chi connectivity index (χ0) is 35.6. The maximum absolute atomic E-state index is 6.25. The lowest BCUT2D eigenvalue weighted by Gasteiger charge is -2.32. The quantitative estimate of drug-likeness (QED) is 0.187. The number of nitrogens with one attached hydrogen (secondary N) is 2. The van der Waals surface area contributed by atoms with Gasteiger partial charge in [0.25, 0.3) is 0 Å². The molecule has 3 aromatic heterocycles. The number of aliphatic imine (C=N–C) groups is 1. The summed E-state index contributed by atoms with van der Waals surface area (Å²) in [4.78, 5) is 9.78. The second-order valence-corrected chi connectivity index (χ2v) is 13.8. The van der Waals surface area contributed by atoms with E-state index in [-0.39, 0.29) is 12.3 Å². The number of amidine groups is 1. The van der Waals surface area contributed by atoms with Crippen molar-refractivity contribution in [3.8, 4) is 22.3 Å². The fourth-order valence-corrected chi connectivity index (χ4v) is 8.20. The number of hydrogen-bond acceptors (Lipinski definition) is 6. The molecule has 0 fully saturated rings. The van der Waals surface area contributed by atoms with Gasteiger partial charge in [-0.15, -0.1) is 0 Å². The van der Waals surface area contributed by atoms with Crippen LogP contribution in [0.1, 0.15) is 29.0 Å². The van der Waals surface area contributed by atoms with Gasteiger partial charge in [0.15, 0.2) is 0 Å². The highest BCUT2D eigenvalue weighted by molar-refractivity contribution is 6.16. The van der Waals surface area contributed by atoms with E-state index in [0.717, 1.165) is 66.4 Å². The molecule has 0 saturated carbocycles. The lowest BCUT2D eigenvalue weighted by Crippen LogP contribution is -2.45. The molecule has 1 aliphatic heterocycles. The average molecular weight is 697 g/mol. The Morgan fingerprint density at radius 1 is 0.463 bits per heavy atom. The zero-order valence-electron chi connectivity index (χ0n) is 29.0. The molecule has 4 heterocycles. The molecular formula is C48H32N4O2. The summed E-state index contributed by atoms with van der Waals surface area (Å²) in [6.45, 7) is 0. The van der Waals surface area contributed by atoms with Crippen molar-refractivity contribution in [2.24, 2.45) is 4.99 Å². The number of pyridine rings is 1. The molecule has 2 unspecified atom stereocenters. The third kappa shape index (κ3) is 4.92. The lowest BCUT2D eigenvalue weighted by atomic mass is 9.91. The predicted molar refractivity (Wildman–Crippen MR) is 218 cm³/mol. The van der Waals surface area contributed by atoms with E-state index in [1.165, 1.54) is 27.5 Å². The summed E-state index contributed by atoms with van der Waals surface area (Å²) in [6.07, 6.45) is 1.27. The lowest BCUT2D eigenvalue weighted by molar-refractivity contribution is 0.410. The van der Waals surface area contributed by atoms with Gasteiger partial charge in [-0.05, 0) is 68.9 Å². The molecule has 10 aromatic rings. The first kappa shape index (κ1) is 30.6. The highest BCUT2D eigenvalue weighted by Gasteiger charge is 2.28. The number of rotatable bonds is 5. The highest BCUT2D eigenvalue weighted by Crippen LogP contribution is 2.41. The first-order valence-corrected chi connectivity index (χ1v) is 18.2. The molecule has 0 saturated heterocycles. The van der Waals surface area contributed by atoms with Gasteiger partial charge >= 0.3 is 0 Å². The molecule has 1 aliphatic rings. The summed E-state index contributed by atoms with van der Waals surface area (Å²) in [5.41, 5.74) is 11.1. The van der Waals surface area contributed by atoms with E-state index in [1.807, 2.05) is 36.4 Å². The third-order valence-corrected chi connectivity index (χ3v) is 10.7. The minimum absolute atomic E-state index is 0.164. The minimum atomic E-state index is -0.330. The minimum Gasteiger partial charge on any atom is -0.456 e. The molecule has 0 spiro atoms. The number of nitrogens with zero attached hydrogens (tertiary/aromatic N) is 2. The van der Waals surface area contributed by atoms with Gasteiger partial charge in [-0.2, -0.15) is 0 Å². The van der Waals surface area contributed by atoms with E-state index in [4.69, 9.17) is 13.8 Å². The van der Waals surface area contributed by atoms with E-state index in [0.29, 0.717) is 5.71 Å². The topological polar surface area (TPSA) is 75.6 Å². The molecule has 0 bridgehead atoms. The fraction of sp³-hybridized carbons (Fsp3) is 0.0417. The van der Waals surface area contributed by atoms with Crippen molar-refractivity contribution in [3.05, 3.63) is 187 Å². The number of fused-ring (bicyclic) bond motifs is 7. The molecule has 0 radical (unpaired) electrons. The molecule has 0 amide bonds. The monoisotopic (exact) mass is 696 g/mol. The van der Waals surface area contributed by atoms with Gasteiger partial charge < -0.3 is 14.2 Å². The number of hydrogen-bond donors (Lipinski definition) is 2. The van der Waals surface area contributed by atoms with Crippen molar-refractivity contribution < 1.29 is 8.83 Å². The normalized spacial score (nSPS) is 16.0. The van der Waals surface area contributed by atoms with Gasteiger partial charge in [-0.3, -0.25) is 5.32 Å². The summed E-state index contributed by atoms with van der Waals surface area (Å²) >= 11 is 0. The molecule has 6 nitrogen and oxygen atoms in total. The average Bonchev–Trinajstić information content (AvgIpc) is 3.82. The maximum Gasteiger partial charge on any atom is 0.227 e. The van der Waals surface area contributed by atoms with Crippen LogP contribution in [0.5, 0.6) is 0 Å². The van der Waals surface area contributed by atoms with Crippen LogP contribution < -0.4 is 10.6 Å². The molecule has 2 N–H and O–H groups in total. The van der Waals surface area contributed by atoms with Crippen molar-refractivity contribution in [3.63, 3.8) is 0 Å². The Kier molecular flexibility index (Phi) is 6.97. The van der Waals surface area contributed by atoms with Crippen LogP contribution in [-0.2, 0) is 0 Å². The predicted octanol–water partition coefficient (Wildman–Crippen LogP) is 11.7. The van der Waals surface area contributed by atoms with Gasteiger partial charge in [0.1, 0.15) is 34.9 Å². The molecule has 2 atom stereocenters. The van der Waals surface area contributed by atoms with Crippen LogP contribution in [0.3, 0.4) is 0 Å². The number of aromatic nitrogens is 1. The Bertz CT molecular complexity index is 3070. The summed E-state index contributed by atoms with van der Waals surface area (Å²) in [5.74, 6) is 0.822. The number of para-hydroxylation sites is 1. The van der Waals surface area contributed by atoms with Gasteiger partial charge in [-0.25, -0.2) is 9.98 Å². The van der Waals surface area contributed by atoms with Gasteiger partial charge in [-0.1, -0.05) is 133 Å². The molecule has 7 aromatic carbocycles. The largest absolute Gasteiger partial charge is 0.456 e. The molecule has 11 rings (SSSR count). The van der Waals surface area contributed by atoms with E-state index in [1.54, 1.807) is 6.20 Å². The van der Waals surface area contributed by atoms with E-state index in [2.05, 4.69) is 143 Å². The fourth-order valence-electron chi connectivity index (χ4n) is 8.20. The summed E-state index contributed by atoms with van der Waals surface area (Å²) in [6, 6.07) is 57.2. The second kappa shape index (κ2) is 12.3. The van der Waals surface area contributed by atoms with Gasteiger partial charge in [0.2, 0.25) is 5.71 Å². The van der Waals surface area contributed by atoms with Crippen LogP contribution >= 0.6 is 0 Å². The van der Waals surface area contributed by atoms with Crippen LogP contribution in [0, 0.1) is 0 Å². The first-order valence-electron chi connectivity index (χ1n) is 18.2. The standard InChI is InChI=1S/C48H32N4O2/c1-2-11-30(12-3-1)45-50-46(52-47(51-45)38-19-9-23-42-44(38)39-20-10-28-49-48(39)54-42)31-26-24-29(25-27-31)32-14-6-16-34-33(32)15-7-17-35(34)36-18-8-22-41-43(36)37-13-4-5-21-40(37)53-41/h1-28,45,47,51H,(H,50,52). The van der Waals surface area contributed by atoms with Crippen molar-refractivity contribution >= 4 is 60.6 Å². The van der Waals surface area contributed by atoms with Gasteiger partial charge in [0.05, 0.1) is 0 Å². The number of benzene rings is 7. The van der Waals surface area contributed by atoms with E-state index in [9.17, 15) is 0 Å². The Labute approximate surface area is 310 Å². The first-order chi connectivity index (χ1) is 26.8. The summed E-state index contributed by atoms with van der Waals surface area (Å²) in [5, 5.41) is 14.1. The molecule has 256 valence electrons. The summed E-state index contributed by atoms with van der Waals surface area (Å²) in [7, 11) is 0. The van der Waals surface area contributed by atoms with Crippen molar-refractivity contribution in [2.75, 3.05) is 0 Å². The number of furan rings is 2. The SMILES string of the molecule is c1ccc(C2NC(c3ccc(-c4cccc5c(-c6cccc7oc8ccccc8c67)cccc45)cc3)=NC(c3cccc4oc5ncccc5c34)N2)cc1. The summed E-state index contributed by atoms with van der Waals surface area (Å²) < 4.78 is 12.4. The maximum atomic E-state index is 6.25. The zero-order valence-corrected chi connectivity index (χ0v) is 29.0. The Morgan fingerprint density at radius 3 is 1.98 bits per heavy atom. The Morgan fingerprint density at radius 2 is 1.11 bits per heavy atom. The Hall–Kier alpha value is -7.02. The Balaban J connectivity index is 1.000. The van der Waals surface area contributed by atoms with Gasteiger partial charge in [0, 0.05) is 38.9 Å². The van der Waals surface area contributed by atoms with Crippen molar-refractivity contribution in [1.29, 1.82) is 0 Å². The van der Waals surface area contributed by atoms with E-state index >= 15 is 0 Å². The molecule has 6 heteroatoms. The van der Waals surface area contributed by atoms with Crippen molar-refractivity contribution in [1.82, 2.24) is 15.6 Å². The van der Waals surface area contributed by atoms with Crippen LogP contribution in [0.4, 0.5) is 0 Å². The van der Waals surface area contributed by atoms with Crippen LogP contribution in [0.25, 0.3) is 77.0 Å². The van der Waals surface area contributed by atoms with E-state index < -0.39 is 0 Å². The second-order valence-electron chi connectivity index (χ2n) is 13.8. The molecule has 0 aliphatic carbocycles. The smallest absolute Gasteiger partial charge is 0.227 e. The van der Waals surface area contributed by atoms with Crippen LogP contribution in [0.2, 0.25) is 0 Å². The van der Waals surface area contributed by atoms with Crippen molar-refractivity contribution in [2.45, 2.75) is 12.3 Å².